The molecule has 1 saturated heterocycles. The average Bonchev–Trinajstić information content (AvgIpc) is 3.02. The topological polar surface area (TPSA) is 49.4 Å². The Morgan fingerprint density at radius 3 is 2.45 bits per heavy atom. The van der Waals surface area contributed by atoms with Crippen LogP contribution in [0, 0.1) is 0 Å². The van der Waals surface area contributed by atoms with Gasteiger partial charge in [-0.1, -0.05) is 25.1 Å². The van der Waals surface area contributed by atoms with Gasteiger partial charge in [-0.15, -0.1) is 0 Å². The molecule has 0 aliphatic carbocycles. The first-order chi connectivity index (χ1) is 13.6. The van der Waals surface area contributed by atoms with Gasteiger partial charge >= 0.3 is 6.18 Å². The Hall–Kier alpha value is -2.06. The molecule has 158 valence electrons. The molecule has 2 aromatic carbocycles. The van der Waals surface area contributed by atoms with E-state index in [2.05, 4.69) is 23.5 Å². The maximum absolute atomic E-state index is 12.9. The first kappa shape index (κ1) is 21.6. The predicted molar refractivity (Wildman–Crippen MR) is 107 cm³/mol. The number of nitrogens with zero attached hydrogens (tertiary/aromatic N) is 1. The van der Waals surface area contributed by atoms with E-state index in [1.54, 1.807) is 12.1 Å². The molecular weight excluding hydrogens is 401 g/mol. The number of sulfonamides is 1. The Bertz CT molecular complexity index is 943. The number of alkyl halides is 3. The molecule has 2 unspecified atom stereocenters. The number of hydrogen-bond donors (Lipinski definition) is 1. The summed E-state index contributed by atoms with van der Waals surface area (Å²) in [6.45, 7) is 6.41. The van der Waals surface area contributed by atoms with Crippen LogP contribution in [-0.2, 0) is 16.2 Å². The van der Waals surface area contributed by atoms with Gasteiger partial charge in [-0.05, 0) is 68.1 Å². The largest absolute Gasteiger partial charge is 0.416 e. The van der Waals surface area contributed by atoms with Crippen LogP contribution in [0.2, 0.25) is 0 Å². The van der Waals surface area contributed by atoms with Crippen molar-refractivity contribution in [2.45, 2.75) is 49.7 Å². The summed E-state index contributed by atoms with van der Waals surface area (Å²) in [6, 6.07) is 11.3. The molecule has 4 nitrogen and oxygen atoms in total. The second-order valence-electron chi connectivity index (χ2n) is 7.53. The SMILES string of the molecule is CCCN1CC(c2ccc(NS(=O)(=O)c3cccc(C(F)(F)F)c3)cc2)CC1C. The van der Waals surface area contributed by atoms with Crippen molar-refractivity contribution >= 4 is 15.7 Å². The molecular formula is C21H25F3N2O2S. The van der Waals surface area contributed by atoms with Gasteiger partial charge in [0.25, 0.3) is 10.0 Å². The molecule has 0 aromatic heterocycles. The highest BCUT2D eigenvalue weighted by Crippen LogP contribution is 2.33. The van der Waals surface area contributed by atoms with Crippen molar-refractivity contribution in [2.75, 3.05) is 17.8 Å². The third-order valence-electron chi connectivity index (χ3n) is 5.32. The van der Waals surface area contributed by atoms with Crippen molar-refractivity contribution in [1.29, 1.82) is 0 Å². The number of halogens is 3. The molecule has 0 bridgehead atoms. The van der Waals surface area contributed by atoms with E-state index in [0.717, 1.165) is 49.7 Å². The molecule has 1 N–H and O–H groups in total. The van der Waals surface area contributed by atoms with Crippen molar-refractivity contribution < 1.29 is 21.6 Å². The first-order valence-electron chi connectivity index (χ1n) is 9.64. The monoisotopic (exact) mass is 426 g/mol. The van der Waals surface area contributed by atoms with Crippen LogP contribution >= 0.6 is 0 Å². The summed E-state index contributed by atoms with van der Waals surface area (Å²) >= 11 is 0. The highest BCUT2D eigenvalue weighted by atomic mass is 32.2. The summed E-state index contributed by atoms with van der Waals surface area (Å²) < 4.78 is 65.9. The summed E-state index contributed by atoms with van der Waals surface area (Å²) in [7, 11) is -4.11. The average molecular weight is 427 g/mol. The van der Waals surface area contributed by atoms with Crippen LogP contribution in [0.15, 0.2) is 53.4 Å². The maximum atomic E-state index is 12.9. The molecule has 1 heterocycles. The molecule has 2 atom stereocenters. The van der Waals surface area contributed by atoms with E-state index in [4.69, 9.17) is 0 Å². The zero-order chi connectivity index (χ0) is 21.2. The second kappa shape index (κ2) is 8.36. The highest BCUT2D eigenvalue weighted by Gasteiger charge is 2.32. The summed E-state index contributed by atoms with van der Waals surface area (Å²) in [5.41, 5.74) is 0.461. The lowest BCUT2D eigenvalue weighted by molar-refractivity contribution is -0.137. The van der Waals surface area contributed by atoms with Gasteiger partial charge in [0.15, 0.2) is 0 Å². The van der Waals surface area contributed by atoms with Crippen molar-refractivity contribution in [3.63, 3.8) is 0 Å². The summed E-state index contributed by atoms with van der Waals surface area (Å²) in [6.07, 6.45) is -2.44. The number of likely N-dealkylation sites (tertiary alicyclic amines) is 1. The lowest BCUT2D eigenvalue weighted by atomic mass is 9.96. The molecule has 2 aromatic rings. The number of rotatable bonds is 6. The molecule has 0 spiro atoms. The lowest BCUT2D eigenvalue weighted by Gasteiger charge is -2.19. The van der Waals surface area contributed by atoms with Crippen LogP contribution in [0.3, 0.4) is 0 Å². The van der Waals surface area contributed by atoms with Gasteiger partial charge in [-0.25, -0.2) is 8.42 Å². The molecule has 0 saturated carbocycles. The van der Waals surface area contributed by atoms with E-state index in [9.17, 15) is 21.6 Å². The highest BCUT2D eigenvalue weighted by molar-refractivity contribution is 7.92. The fourth-order valence-corrected chi connectivity index (χ4v) is 4.92. The van der Waals surface area contributed by atoms with E-state index >= 15 is 0 Å². The standard InChI is InChI=1S/C21H25F3N2O2S/c1-3-11-26-14-17(12-15(26)2)16-7-9-19(10-8-16)25-29(27,28)20-6-4-5-18(13-20)21(22,23)24/h4-10,13,15,17,25H,3,11-12,14H2,1-2H3. The fourth-order valence-electron chi connectivity index (χ4n) is 3.82. The summed E-state index contributed by atoms with van der Waals surface area (Å²) in [5.74, 6) is 0.394. The molecule has 0 amide bonds. The Balaban J connectivity index is 1.73. The summed E-state index contributed by atoms with van der Waals surface area (Å²) in [4.78, 5) is 2.03. The van der Waals surface area contributed by atoms with Crippen LogP contribution < -0.4 is 4.72 Å². The number of benzene rings is 2. The van der Waals surface area contributed by atoms with Crippen molar-refractivity contribution in [1.82, 2.24) is 4.90 Å². The van der Waals surface area contributed by atoms with Crippen LogP contribution in [0.25, 0.3) is 0 Å². The van der Waals surface area contributed by atoms with Crippen molar-refractivity contribution in [2.24, 2.45) is 0 Å². The van der Waals surface area contributed by atoms with Gasteiger partial charge in [0.1, 0.15) is 0 Å². The smallest absolute Gasteiger partial charge is 0.300 e. The molecule has 8 heteroatoms. The maximum Gasteiger partial charge on any atom is 0.416 e. The quantitative estimate of drug-likeness (QED) is 0.700. The van der Waals surface area contributed by atoms with Gasteiger partial charge in [-0.3, -0.25) is 4.72 Å². The first-order valence-corrected chi connectivity index (χ1v) is 11.1. The molecule has 0 radical (unpaired) electrons. The van der Waals surface area contributed by atoms with Crippen LogP contribution in [-0.4, -0.2) is 32.4 Å². The Morgan fingerprint density at radius 1 is 1.14 bits per heavy atom. The zero-order valence-corrected chi connectivity index (χ0v) is 17.2. The molecule has 3 rings (SSSR count). The fraction of sp³-hybridized carbons (Fsp3) is 0.429. The Kier molecular flexibility index (Phi) is 6.24. The number of nitrogens with one attached hydrogen (secondary N) is 1. The van der Waals surface area contributed by atoms with E-state index < -0.39 is 26.7 Å². The predicted octanol–water partition coefficient (Wildman–Crippen LogP) is 5.09. The number of anilines is 1. The third kappa shape index (κ3) is 5.11. The normalized spacial score (nSPS) is 20.7. The Morgan fingerprint density at radius 2 is 1.83 bits per heavy atom. The van der Waals surface area contributed by atoms with Crippen LogP contribution in [0.5, 0.6) is 0 Å². The molecule has 1 aliphatic rings. The lowest BCUT2D eigenvalue weighted by Crippen LogP contribution is -2.27. The summed E-state index contributed by atoms with van der Waals surface area (Å²) in [5, 5.41) is 0. The van der Waals surface area contributed by atoms with Crippen LogP contribution in [0.4, 0.5) is 18.9 Å². The van der Waals surface area contributed by atoms with Crippen molar-refractivity contribution in [3.05, 3.63) is 59.7 Å². The minimum absolute atomic E-state index is 0.322. The molecule has 1 aliphatic heterocycles. The van der Waals surface area contributed by atoms with Crippen LogP contribution in [0.1, 0.15) is 43.7 Å². The molecule has 29 heavy (non-hydrogen) atoms. The van der Waals surface area contributed by atoms with Gasteiger partial charge in [0, 0.05) is 18.3 Å². The van der Waals surface area contributed by atoms with Gasteiger partial charge < -0.3 is 4.90 Å². The number of hydrogen-bond acceptors (Lipinski definition) is 3. The van der Waals surface area contributed by atoms with Gasteiger partial charge in [0.05, 0.1) is 10.5 Å². The zero-order valence-electron chi connectivity index (χ0n) is 16.4. The van der Waals surface area contributed by atoms with E-state index in [1.165, 1.54) is 0 Å². The minimum Gasteiger partial charge on any atom is -0.300 e. The second-order valence-corrected chi connectivity index (χ2v) is 9.21. The van der Waals surface area contributed by atoms with E-state index in [1.807, 2.05) is 12.1 Å². The van der Waals surface area contributed by atoms with Gasteiger partial charge in [-0.2, -0.15) is 13.2 Å². The Labute approximate surface area is 169 Å². The van der Waals surface area contributed by atoms with E-state index in [0.29, 0.717) is 23.7 Å². The van der Waals surface area contributed by atoms with Gasteiger partial charge in [0.2, 0.25) is 0 Å². The van der Waals surface area contributed by atoms with Crippen molar-refractivity contribution in [3.8, 4) is 0 Å². The third-order valence-corrected chi connectivity index (χ3v) is 6.70. The minimum atomic E-state index is -4.60. The van der Waals surface area contributed by atoms with E-state index in [-0.39, 0.29) is 0 Å². The molecule has 1 fully saturated rings.